The second-order valence-electron chi connectivity index (χ2n) is 8.32. The Kier molecular flexibility index (Phi) is 9.14. The summed E-state index contributed by atoms with van der Waals surface area (Å²) in [5.41, 5.74) is 0.439. The molecule has 1 atom stereocenters. The van der Waals surface area contributed by atoms with E-state index in [0.717, 1.165) is 4.31 Å². The third-order valence-electron chi connectivity index (χ3n) is 5.81. The molecule has 36 heavy (non-hydrogen) atoms. The number of carbonyl (C=O) groups excluding carboxylic acids is 2. The van der Waals surface area contributed by atoms with E-state index in [4.69, 9.17) is 9.47 Å². The summed E-state index contributed by atoms with van der Waals surface area (Å²) in [5.74, 6) is -0.990. The number of rotatable bonds is 11. The lowest BCUT2D eigenvalue weighted by atomic mass is 10.1. The summed E-state index contributed by atoms with van der Waals surface area (Å²) in [4.78, 5) is 27.5. The van der Waals surface area contributed by atoms with E-state index in [0.29, 0.717) is 37.7 Å². The molecule has 2 amide bonds. The van der Waals surface area contributed by atoms with Crippen LogP contribution in [-0.2, 0) is 26.2 Å². The number of ether oxygens (including phenoxy) is 2. The van der Waals surface area contributed by atoms with Gasteiger partial charge in [0, 0.05) is 24.7 Å². The number of halogens is 1. The zero-order valence-corrected chi connectivity index (χ0v) is 21.5. The highest BCUT2D eigenvalue weighted by Crippen LogP contribution is 2.35. The molecule has 1 unspecified atom stereocenters. The Balaban J connectivity index is 1.94. The van der Waals surface area contributed by atoms with Crippen LogP contribution in [0.25, 0.3) is 0 Å². The molecule has 0 saturated carbocycles. The van der Waals surface area contributed by atoms with Gasteiger partial charge in [-0.15, -0.1) is 0 Å². The van der Waals surface area contributed by atoms with Crippen LogP contribution in [0, 0.1) is 5.82 Å². The lowest BCUT2D eigenvalue weighted by Gasteiger charge is -2.32. The second kappa shape index (κ2) is 12.1. The minimum absolute atomic E-state index is 0.201. The van der Waals surface area contributed by atoms with Crippen LogP contribution < -0.4 is 19.1 Å². The molecule has 0 saturated heterocycles. The van der Waals surface area contributed by atoms with Gasteiger partial charge in [-0.05, 0) is 38.5 Å². The third kappa shape index (κ3) is 6.45. The molecule has 0 aliphatic carbocycles. The molecule has 0 radical (unpaired) electrons. The summed E-state index contributed by atoms with van der Waals surface area (Å²) in [6, 6.07) is 9.61. The van der Waals surface area contributed by atoms with Crippen LogP contribution in [0.1, 0.15) is 32.8 Å². The van der Waals surface area contributed by atoms with Crippen molar-refractivity contribution < 1.29 is 31.9 Å². The van der Waals surface area contributed by atoms with Crippen LogP contribution in [-0.4, -0.2) is 63.2 Å². The van der Waals surface area contributed by atoms with E-state index in [-0.39, 0.29) is 23.5 Å². The van der Waals surface area contributed by atoms with Gasteiger partial charge in [-0.3, -0.25) is 13.9 Å². The first-order valence-electron chi connectivity index (χ1n) is 11.9. The monoisotopic (exact) mass is 521 g/mol. The predicted molar refractivity (Wildman–Crippen MR) is 134 cm³/mol. The molecule has 196 valence electrons. The van der Waals surface area contributed by atoms with E-state index in [1.807, 2.05) is 6.92 Å². The lowest BCUT2D eigenvalue weighted by Crippen LogP contribution is -2.51. The SMILES string of the molecule is CCCNC(=O)C(C)N(Cc1ccccc1F)C(=O)CN(c1ccc2c(c1)OCCO2)S(=O)(=O)CC. The van der Waals surface area contributed by atoms with Crippen LogP contribution in [0.3, 0.4) is 0 Å². The van der Waals surface area contributed by atoms with E-state index in [9.17, 15) is 22.4 Å². The molecular weight excluding hydrogens is 489 g/mol. The molecule has 1 heterocycles. The van der Waals surface area contributed by atoms with Crippen molar-refractivity contribution in [2.24, 2.45) is 0 Å². The number of benzene rings is 2. The molecule has 1 aliphatic rings. The van der Waals surface area contributed by atoms with Crippen LogP contribution in [0.4, 0.5) is 10.1 Å². The molecule has 2 aromatic rings. The van der Waals surface area contributed by atoms with Gasteiger partial charge in [0.2, 0.25) is 21.8 Å². The molecule has 9 nitrogen and oxygen atoms in total. The average molecular weight is 522 g/mol. The standard InChI is InChI=1S/C25H32FN3O6S/c1-4-12-27-25(31)18(3)28(16-19-8-6-7-9-21(19)26)24(30)17-29(36(32,33)5-2)20-10-11-22-23(15-20)35-14-13-34-22/h6-11,15,18H,4-5,12-14,16-17H2,1-3H3,(H,27,31). The number of sulfonamides is 1. The fourth-order valence-electron chi connectivity index (χ4n) is 3.70. The summed E-state index contributed by atoms with van der Waals surface area (Å²) in [6.07, 6.45) is 0.701. The van der Waals surface area contributed by atoms with Crippen LogP contribution in [0.5, 0.6) is 11.5 Å². The van der Waals surface area contributed by atoms with Gasteiger partial charge in [0.25, 0.3) is 0 Å². The fraction of sp³-hybridized carbons (Fsp3) is 0.440. The molecule has 3 rings (SSSR count). The van der Waals surface area contributed by atoms with Gasteiger partial charge in [0.05, 0.1) is 11.4 Å². The summed E-state index contributed by atoms with van der Waals surface area (Å²) in [5, 5.41) is 2.74. The molecule has 0 fully saturated rings. The van der Waals surface area contributed by atoms with Gasteiger partial charge >= 0.3 is 0 Å². The Labute approximate surface area is 211 Å². The quantitative estimate of drug-likeness (QED) is 0.488. The second-order valence-corrected chi connectivity index (χ2v) is 10.5. The number of fused-ring (bicyclic) bond motifs is 1. The first-order valence-corrected chi connectivity index (χ1v) is 13.5. The van der Waals surface area contributed by atoms with E-state index in [1.165, 1.54) is 49.1 Å². The van der Waals surface area contributed by atoms with E-state index >= 15 is 0 Å². The summed E-state index contributed by atoms with van der Waals surface area (Å²) >= 11 is 0. The maximum atomic E-state index is 14.4. The third-order valence-corrected chi connectivity index (χ3v) is 7.55. The number of anilines is 1. The topological polar surface area (TPSA) is 105 Å². The maximum absolute atomic E-state index is 14.4. The number of nitrogens with zero attached hydrogens (tertiary/aromatic N) is 2. The largest absolute Gasteiger partial charge is 0.486 e. The first kappa shape index (κ1) is 27.3. The van der Waals surface area contributed by atoms with E-state index in [2.05, 4.69) is 5.32 Å². The molecule has 1 N–H and O–H groups in total. The van der Waals surface area contributed by atoms with Crippen molar-refractivity contribution in [3.63, 3.8) is 0 Å². The Morgan fingerprint density at radius 1 is 1.08 bits per heavy atom. The Bertz CT molecular complexity index is 1190. The van der Waals surface area contributed by atoms with Gasteiger partial charge in [0.1, 0.15) is 31.6 Å². The van der Waals surface area contributed by atoms with E-state index in [1.54, 1.807) is 12.1 Å². The summed E-state index contributed by atoms with van der Waals surface area (Å²) < 4.78 is 52.6. The van der Waals surface area contributed by atoms with Crippen molar-refractivity contribution in [1.82, 2.24) is 10.2 Å². The number of nitrogens with one attached hydrogen (secondary N) is 1. The van der Waals surface area contributed by atoms with Crippen molar-refractivity contribution in [1.29, 1.82) is 0 Å². The number of amides is 2. The van der Waals surface area contributed by atoms with Crippen LogP contribution in [0.15, 0.2) is 42.5 Å². The zero-order chi connectivity index (χ0) is 26.3. The molecule has 0 spiro atoms. The van der Waals surface area contributed by atoms with Gasteiger partial charge in [-0.25, -0.2) is 12.8 Å². The predicted octanol–water partition coefficient (Wildman–Crippen LogP) is 2.70. The van der Waals surface area contributed by atoms with Crippen LogP contribution >= 0.6 is 0 Å². The highest BCUT2D eigenvalue weighted by molar-refractivity contribution is 7.92. The molecule has 2 aromatic carbocycles. The zero-order valence-electron chi connectivity index (χ0n) is 20.7. The molecule has 1 aliphatic heterocycles. The smallest absolute Gasteiger partial charge is 0.244 e. The van der Waals surface area contributed by atoms with Crippen molar-refractivity contribution in [3.05, 3.63) is 53.8 Å². The minimum Gasteiger partial charge on any atom is -0.486 e. The van der Waals surface area contributed by atoms with Crippen molar-refractivity contribution in [3.8, 4) is 11.5 Å². The molecule has 0 aromatic heterocycles. The molecular formula is C25H32FN3O6S. The van der Waals surface area contributed by atoms with Gasteiger partial charge in [-0.1, -0.05) is 25.1 Å². The highest BCUT2D eigenvalue weighted by atomic mass is 32.2. The Morgan fingerprint density at radius 3 is 2.44 bits per heavy atom. The lowest BCUT2D eigenvalue weighted by molar-refractivity contribution is -0.139. The summed E-state index contributed by atoms with van der Waals surface area (Å²) in [6.45, 7) is 5.24. The van der Waals surface area contributed by atoms with Crippen LogP contribution in [0.2, 0.25) is 0 Å². The Morgan fingerprint density at radius 2 is 1.78 bits per heavy atom. The Hall–Kier alpha value is -3.34. The average Bonchev–Trinajstić information content (AvgIpc) is 2.88. The van der Waals surface area contributed by atoms with E-state index < -0.39 is 40.2 Å². The van der Waals surface area contributed by atoms with Crippen molar-refractivity contribution in [2.45, 2.75) is 39.8 Å². The molecule has 0 bridgehead atoms. The highest BCUT2D eigenvalue weighted by Gasteiger charge is 2.32. The first-order chi connectivity index (χ1) is 17.2. The maximum Gasteiger partial charge on any atom is 0.244 e. The van der Waals surface area contributed by atoms with Gasteiger partial charge in [-0.2, -0.15) is 0 Å². The minimum atomic E-state index is -3.89. The van der Waals surface area contributed by atoms with Gasteiger partial charge in [0.15, 0.2) is 11.5 Å². The van der Waals surface area contributed by atoms with Crippen molar-refractivity contribution >= 4 is 27.5 Å². The summed E-state index contributed by atoms with van der Waals surface area (Å²) in [7, 11) is -3.89. The number of carbonyl (C=O) groups is 2. The number of hydrogen-bond donors (Lipinski definition) is 1. The molecule has 11 heteroatoms. The van der Waals surface area contributed by atoms with Crippen molar-refractivity contribution in [2.75, 3.05) is 36.4 Å². The number of hydrogen-bond acceptors (Lipinski definition) is 6. The van der Waals surface area contributed by atoms with Gasteiger partial charge < -0.3 is 19.7 Å². The fourth-order valence-corrected chi connectivity index (χ4v) is 4.75. The normalized spacial score (nSPS) is 13.6.